The number of hydrogen-bond donors (Lipinski definition) is 1. The minimum absolute atomic E-state index is 0.0141. The monoisotopic (exact) mass is 309 g/mol. The number of fused-ring (bicyclic) bond motifs is 1. The van der Waals surface area contributed by atoms with Gasteiger partial charge in [-0.3, -0.25) is 0 Å². The van der Waals surface area contributed by atoms with Crippen LogP contribution in [0, 0.1) is 0 Å². The third-order valence-corrected chi connectivity index (χ3v) is 5.66. The van der Waals surface area contributed by atoms with Crippen molar-refractivity contribution in [3.05, 3.63) is 30.1 Å². The zero-order chi connectivity index (χ0) is 14.9. The van der Waals surface area contributed by atoms with Gasteiger partial charge in [0.05, 0.1) is 29.4 Å². The molecule has 1 fully saturated rings. The van der Waals surface area contributed by atoms with E-state index in [1.165, 1.54) is 7.11 Å². The van der Waals surface area contributed by atoms with E-state index in [1.807, 2.05) is 24.3 Å². The molecule has 0 spiro atoms. The number of nitrogens with one attached hydrogen (secondary N) is 1. The lowest BCUT2D eigenvalue weighted by molar-refractivity contribution is 0.215. The summed E-state index contributed by atoms with van der Waals surface area (Å²) in [5.41, 5.74) is 1.81. The summed E-state index contributed by atoms with van der Waals surface area (Å²) in [6.45, 7) is 0.763. The Morgan fingerprint density at radius 1 is 1.43 bits per heavy atom. The summed E-state index contributed by atoms with van der Waals surface area (Å²) in [6, 6.07) is 7.54. The number of benzene rings is 1. The van der Waals surface area contributed by atoms with Crippen molar-refractivity contribution in [2.75, 3.05) is 26.0 Å². The third-order valence-electron chi connectivity index (χ3n) is 3.83. The Labute approximate surface area is 124 Å². The van der Waals surface area contributed by atoms with Crippen LogP contribution in [0.2, 0.25) is 0 Å². The lowest BCUT2D eigenvalue weighted by Gasteiger charge is -2.22. The first-order valence-electron chi connectivity index (χ1n) is 7.05. The Bertz CT molecular complexity index is 693. The number of aromatic nitrogens is 2. The number of nitrogens with zero attached hydrogens (tertiary/aromatic N) is 2. The molecule has 7 heteroatoms. The van der Waals surface area contributed by atoms with Crippen molar-refractivity contribution in [2.45, 2.75) is 18.9 Å². The second-order valence-electron chi connectivity index (χ2n) is 5.22. The normalized spacial score (nSPS) is 20.3. The van der Waals surface area contributed by atoms with E-state index < -0.39 is 10.0 Å². The van der Waals surface area contributed by atoms with E-state index in [-0.39, 0.29) is 18.4 Å². The van der Waals surface area contributed by atoms with Crippen molar-refractivity contribution in [3.8, 4) is 0 Å². The van der Waals surface area contributed by atoms with E-state index in [1.54, 1.807) is 4.31 Å². The number of methoxy groups -OCH3 is 1. The molecule has 0 aliphatic carbocycles. The molecule has 21 heavy (non-hydrogen) atoms. The lowest BCUT2D eigenvalue weighted by Crippen LogP contribution is -2.34. The molecule has 1 N–H and O–H groups in total. The fraction of sp³-hybridized carbons (Fsp3) is 0.500. The van der Waals surface area contributed by atoms with Crippen LogP contribution in [0.25, 0.3) is 11.0 Å². The Hall–Kier alpha value is -1.44. The molecule has 1 saturated heterocycles. The zero-order valence-electron chi connectivity index (χ0n) is 11.9. The van der Waals surface area contributed by atoms with Crippen molar-refractivity contribution >= 4 is 21.1 Å². The highest BCUT2D eigenvalue weighted by molar-refractivity contribution is 7.89. The molecule has 0 bridgehead atoms. The second-order valence-corrected chi connectivity index (χ2v) is 7.26. The largest absolute Gasteiger partial charge is 0.384 e. The van der Waals surface area contributed by atoms with Gasteiger partial charge in [0.1, 0.15) is 5.82 Å². The Morgan fingerprint density at radius 3 is 3.00 bits per heavy atom. The molecule has 1 aromatic carbocycles. The van der Waals surface area contributed by atoms with Gasteiger partial charge in [-0.15, -0.1) is 0 Å². The summed E-state index contributed by atoms with van der Waals surface area (Å²) in [7, 11) is -1.80. The van der Waals surface area contributed by atoms with Crippen LogP contribution in [0.5, 0.6) is 0 Å². The van der Waals surface area contributed by atoms with Gasteiger partial charge in [-0.25, -0.2) is 13.4 Å². The fourth-order valence-corrected chi connectivity index (χ4v) is 4.39. The van der Waals surface area contributed by atoms with Crippen LogP contribution in [0.3, 0.4) is 0 Å². The standard InChI is InChI=1S/C14H19N3O3S/c1-20-9-10-21(18,19)17-8-4-7-13(17)14-15-11-5-2-3-6-12(11)16-14/h2-3,5-6,13H,4,7-10H2,1H3,(H,15,16)/t13-/m0/s1. The van der Waals surface area contributed by atoms with Crippen LogP contribution in [-0.4, -0.2) is 48.7 Å². The van der Waals surface area contributed by atoms with E-state index in [4.69, 9.17) is 4.74 Å². The van der Waals surface area contributed by atoms with Gasteiger partial charge in [0.2, 0.25) is 10.0 Å². The fourth-order valence-electron chi connectivity index (χ4n) is 2.78. The van der Waals surface area contributed by atoms with Crippen molar-refractivity contribution in [1.82, 2.24) is 14.3 Å². The number of ether oxygens (including phenoxy) is 1. The summed E-state index contributed by atoms with van der Waals surface area (Å²) in [4.78, 5) is 7.79. The maximum atomic E-state index is 12.4. The summed E-state index contributed by atoms with van der Waals surface area (Å²) in [5.74, 6) is 0.745. The molecule has 1 aliphatic rings. The first-order valence-corrected chi connectivity index (χ1v) is 8.66. The molecule has 0 unspecified atom stereocenters. The predicted molar refractivity (Wildman–Crippen MR) is 80.4 cm³/mol. The molecule has 2 aromatic rings. The van der Waals surface area contributed by atoms with Crippen LogP contribution in [-0.2, 0) is 14.8 Å². The van der Waals surface area contributed by atoms with Gasteiger partial charge in [-0.2, -0.15) is 4.31 Å². The van der Waals surface area contributed by atoms with Gasteiger partial charge in [0.15, 0.2) is 0 Å². The summed E-state index contributed by atoms with van der Waals surface area (Å²) < 4.78 is 31.2. The average molecular weight is 309 g/mol. The molecule has 1 atom stereocenters. The van der Waals surface area contributed by atoms with E-state index in [9.17, 15) is 8.42 Å². The van der Waals surface area contributed by atoms with Gasteiger partial charge in [-0.05, 0) is 25.0 Å². The van der Waals surface area contributed by atoms with Crippen LogP contribution >= 0.6 is 0 Å². The number of sulfonamides is 1. The first-order chi connectivity index (χ1) is 10.1. The number of imidazole rings is 1. The lowest BCUT2D eigenvalue weighted by atomic mass is 10.2. The predicted octanol–water partition coefficient (Wildman–Crippen LogP) is 1.68. The number of H-pyrrole nitrogens is 1. The highest BCUT2D eigenvalue weighted by Gasteiger charge is 2.36. The molecule has 114 valence electrons. The quantitative estimate of drug-likeness (QED) is 0.911. The van der Waals surface area contributed by atoms with Gasteiger partial charge in [0.25, 0.3) is 0 Å². The van der Waals surface area contributed by atoms with Gasteiger partial charge >= 0.3 is 0 Å². The minimum atomic E-state index is -3.31. The molecule has 0 amide bonds. The Kier molecular flexibility index (Phi) is 3.97. The van der Waals surface area contributed by atoms with E-state index in [0.29, 0.717) is 6.54 Å². The zero-order valence-corrected chi connectivity index (χ0v) is 12.8. The van der Waals surface area contributed by atoms with E-state index in [2.05, 4.69) is 9.97 Å². The first kappa shape index (κ1) is 14.5. The summed E-state index contributed by atoms with van der Waals surface area (Å²) in [5, 5.41) is 0. The maximum absolute atomic E-state index is 12.4. The van der Waals surface area contributed by atoms with Crippen molar-refractivity contribution < 1.29 is 13.2 Å². The number of aromatic amines is 1. The number of rotatable bonds is 5. The van der Waals surface area contributed by atoms with E-state index >= 15 is 0 Å². The third kappa shape index (κ3) is 2.81. The molecule has 1 aliphatic heterocycles. The summed E-state index contributed by atoms with van der Waals surface area (Å²) in [6.07, 6.45) is 1.65. The van der Waals surface area contributed by atoms with Gasteiger partial charge in [-0.1, -0.05) is 12.1 Å². The average Bonchev–Trinajstić information content (AvgIpc) is 3.11. The van der Waals surface area contributed by atoms with Gasteiger partial charge < -0.3 is 9.72 Å². The highest BCUT2D eigenvalue weighted by Crippen LogP contribution is 2.33. The van der Waals surface area contributed by atoms with Crippen molar-refractivity contribution in [1.29, 1.82) is 0 Å². The van der Waals surface area contributed by atoms with Gasteiger partial charge in [0, 0.05) is 13.7 Å². The maximum Gasteiger partial charge on any atom is 0.217 e. The molecular formula is C14H19N3O3S. The molecule has 6 nitrogen and oxygen atoms in total. The van der Waals surface area contributed by atoms with Crippen LogP contribution in [0.1, 0.15) is 24.7 Å². The number of hydrogen-bond acceptors (Lipinski definition) is 4. The Balaban J connectivity index is 1.90. The smallest absolute Gasteiger partial charge is 0.217 e. The van der Waals surface area contributed by atoms with Crippen LogP contribution in [0.15, 0.2) is 24.3 Å². The van der Waals surface area contributed by atoms with Crippen molar-refractivity contribution in [2.24, 2.45) is 0 Å². The molecule has 2 heterocycles. The molecule has 0 radical (unpaired) electrons. The molecular weight excluding hydrogens is 290 g/mol. The van der Waals surface area contributed by atoms with E-state index in [0.717, 1.165) is 29.7 Å². The SMILES string of the molecule is COCCS(=O)(=O)N1CCC[C@H]1c1nc2ccccc2[nH]1. The molecule has 1 aromatic heterocycles. The van der Waals surface area contributed by atoms with Crippen molar-refractivity contribution in [3.63, 3.8) is 0 Å². The molecule has 0 saturated carbocycles. The second kappa shape index (κ2) is 5.75. The van der Waals surface area contributed by atoms with Crippen LogP contribution in [0.4, 0.5) is 0 Å². The topological polar surface area (TPSA) is 75.3 Å². The number of para-hydroxylation sites is 2. The minimum Gasteiger partial charge on any atom is -0.384 e. The van der Waals surface area contributed by atoms with Crippen LogP contribution < -0.4 is 0 Å². The Morgan fingerprint density at radius 2 is 2.24 bits per heavy atom. The molecule has 3 rings (SSSR count). The summed E-state index contributed by atoms with van der Waals surface area (Å²) >= 11 is 0. The highest BCUT2D eigenvalue weighted by atomic mass is 32.2.